The van der Waals surface area contributed by atoms with Crippen molar-refractivity contribution in [1.82, 2.24) is 4.90 Å². The monoisotopic (exact) mass is 403 g/mol. The first-order chi connectivity index (χ1) is 14.2. The van der Waals surface area contributed by atoms with Crippen LogP contribution in [0.5, 0.6) is 5.75 Å². The van der Waals surface area contributed by atoms with Gasteiger partial charge in [0, 0.05) is 26.7 Å². The fourth-order valence-electron chi connectivity index (χ4n) is 3.98. The van der Waals surface area contributed by atoms with Crippen LogP contribution >= 0.6 is 0 Å². The zero-order valence-electron chi connectivity index (χ0n) is 17.8. The number of hydrogen-bond donors (Lipinski definition) is 1. The predicted octanol–water partition coefficient (Wildman–Crippen LogP) is 4.30. The SMILES string of the molecule is CCCC(Cc1cc(F)ccc1OC)C1CN(Cc2ccccc2)CCO1.CO. The van der Waals surface area contributed by atoms with Gasteiger partial charge in [-0.15, -0.1) is 0 Å². The van der Waals surface area contributed by atoms with E-state index in [1.165, 1.54) is 11.6 Å². The average molecular weight is 404 g/mol. The summed E-state index contributed by atoms with van der Waals surface area (Å²) < 4.78 is 25.4. The lowest BCUT2D eigenvalue weighted by molar-refractivity contribution is -0.0619. The number of aliphatic hydroxyl groups excluding tert-OH is 1. The quantitative estimate of drug-likeness (QED) is 0.713. The molecule has 2 atom stereocenters. The summed E-state index contributed by atoms with van der Waals surface area (Å²) in [5, 5.41) is 7.00. The number of rotatable bonds is 8. The van der Waals surface area contributed by atoms with Crippen LogP contribution in [0.1, 0.15) is 30.9 Å². The Hall–Kier alpha value is -1.95. The Morgan fingerprint density at radius 1 is 1.21 bits per heavy atom. The Balaban J connectivity index is 0.00000145. The van der Waals surface area contributed by atoms with E-state index in [1.807, 2.05) is 0 Å². The van der Waals surface area contributed by atoms with Gasteiger partial charge in [0.05, 0.1) is 19.8 Å². The Morgan fingerprint density at radius 2 is 1.97 bits per heavy atom. The zero-order valence-corrected chi connectivity index (χ0v) is 17.8. The van der Waals surface area contributed by atoms with Crippen LogP contribution in [0.3, 0.4) is 0 Å². The Labute approximate surface area is 174 Å². The van der Waals surface area contributed by atoms with Crippen LogP contribution in [0.4, 0.5) is 4.39 Å². The topological polar surface area (TPSA) is 41.9 Å². The van der Waals surface area contributed by atoms with Gasteiger partial charge in [-0.2, -0.15) is 0 Å². The molecule has 0 amide bonds. The van der Waals surface area contributed by atoms with Gasteiger partial charge in [0.25, 0.3) is 0 Å². The number of nitrogens with zero attached hydrogens (tertiary/aromatic N) is 1. The number of benzene rings is 2. The van der Waals surface area contributed by atoms with Gasteiger partial charge in [-0.3, -0.25) is 4.90 Å². The minimum absolute atomic E-state index is 0.162. The predicted molar refractivity (Wildman–Crippen MR) is 115 cm³/mol. The lowest BCUT2D eigenvalue weighted by Crippen LogP contribution is -2.45. The molecule has 0 aromatic heterocycles. The molecule has 1 aliphatic rings. The van der Waals surface area contributed by atoms with Gasteiger partial charge in [0.1, 0.15) is 11.6 Å². The number of morpholine rings is 1. The second kappa shape index (κ2) is 12.6. The van der Waals surface area contributed by atoms with Crippen LogP contribution < -0.4 is 4.74 Å². The molecule has 1 saturated heterocycles. The van der Waals surface area contributed by atoms with Crippen LogP contribution in [0.2, 0.25) is 0 Å². The van der Waals surface area contributed by atoms with Crippen LogP contribution in [-0.4, -0.2) is 50.0 Å². The van der Waals surface area contributed by atoms with Crippen LogP contribution in [0.15, 0.2) is 48.5 Å². The van der Waals surface area contributed by atoms with E-state index in [0.717, 1.165) is 63.9 Å². The minimum atomic E-state index is -0.212. The third-order valence-electron chi connectivity index (χ3n) is 5.34. The van der Waals surface area contributed by atoms with E-state index in [2.05, 4.69) is 42.2 Å². The van der Waals surface area contributed by atoms with Gasteiger partial charge in [0.2, 0.25) is 0 Å². The Bertz CT molecular complexity index is 711. The summed E-state index contributed by atoms with van der Waals surface area (Å²) in [6.45, 7) is 5.76. The standard InChI is InChI=1S/C23H30FNO2.CH4O/c1-3-7-19(14-20-15-21(24)10-11-22(20)26-2)23-17-25(12-13-27-23)16-18-8-5-4-6-9-18;1-2/h4-6,8-11,15,19,23H,3,7,12-14,16-17H2,1-2H3;2H,1H3. The molecule has 160 valence electrons. The lowest BCUT2D eigenvalue weighted by Gasteiger charge is -2.37. The first-order valence-electron chi connectivity index (χ1n) is 10.3. The van der Waals surface area contributed by atoms with Gasteiger partial charge in [-0.05, 0) is 48.1 Å². The molecule has 4 nitrogen and oxygen atoms in total. The summed E-state index contributed by atoms with van der Waals surface area (Å²) in [6.07, 6.45) is 3.08. The van der Waals surface area contributed by atoms with Crippen molar-refractivity contribution < 1.29 is 19.0 Å². The zero-order chi connectivity index (χ0) is 21.1. The molecule has 0 spiro atoms. The first-order valence-corrected chi connectivity index (χ1v) is 10.3. The van der Waals surface area contributed by atoms with Crippen molar-refractivity contribution >= 4 is 0 Å². The fraction of sp³-hybridized carbons (Fsp3) is 0.500. The molecular weight excluding hydrogens is 369 g/mol. The second-order valence-corrected chi connectivity index (χ2v) is 7.34. The maximum atomic E-state index is 13.8. The van der Waals surface area contributed by atoms with E-state index < -0.39 is 0 Å². The largest absolute Gasteiger partial charge is 0.496 e. The molecule has 0 aliphatic carbocycles. The van der Waals surface area contributed by atoms with E-state index in [1.54, 1.807) is 19.2 Å². The summed E-state index contributed by atoms with van der Waals surface area (Å²) in [4.78, 5) is 2.47. The van der Waals surface area contributed by atoms with Crippen molar-refractivity contribution in [2.45, 2.75) is 38.8 Å². The fourth-order valence-corrected chi connectivity index (χ4v) is 3.98. The van der Waals surface area contributed by atoms with Crippen molar-refractivity contribution in [2.75, 3.05) is 33.9 Å². The van der Waals surface area contributed by atoms with E-state index in [9.17, 15) is 4.39 Å². The molecule has 1 heterocycles. The van der Waals surface area contributed by atoms with Gasteiger partial charge in [-0.25, -0.2) is 4.39 Å². The summed E-state index contributed by atoms with van der Waals surface area (Å²) in [7, 11) is 2.64. The molecule has 3 rings (SSSR count). The van der Waals surface area contributed by atoms with E-state index in [-0.39, 0.29) is 11.9 Å². The molecule has 29 heavy (non-hydrogen) atoms. The van der Waals surface area contributed by atoms with Crippen molar-refractivity contribution in [3.63, 3.8) is 0 Å². The molecule has 0 saturated carbocycles. The molecule has 1 N–H and O–H groups in total. The molecule has 1 aliphatic heterocycles. The number of halogens is 1. The van der Waals surface area contributed by atoms with Crippen molar-refractivity contribution in [1.29, 1.82) is 0 Å². The van der Waals surface area contributed by atoms with Gasteiger partial charge >= 0.3 is 0 Å². The smallest absolute Gasteiger partial charge is 0.123 e. The van der Waals surface area contributed by atoms with Crippen LogP contribution in [0.25, 0.3) is 0 Å². The average Bonchev–Trinajstić information content (AvgIpc) is 2.76. The van der Waals surface area contributed by atoms with Crippen molar-refractivity contribution in [3.05, 3.63) is 65.5 Å². The molecule has 2 aromatic carbocycles. The molecule has 0 radical (unpaired) electrons. The molecule has 2 unspecified atom stereocenters. The highest BCUT2D eigenvalue weighted by Crippen LogP contribution is 2.28. The third-order valence-corrected chi connectivity index (χ3v) is 5.34. The lowest BCUT2D eigenvalue weighted by atomic mass is 9.88. The highest BCUT2D eigenvalue weighted by atomic mass is 19.1. The maximum Gasteiger partial charge on any atom is 0.123 e. The molecule has 1 fully saturated rings. The van der Waals surface area contributed by atoms with Crippen molar-refractivity contribution in [2.24, 2.45) is 5.92 Å². The van der Waals surface area contributed by atoms with Crippen LogP contribution in [0, 0.1) is 11.7 Å². The number of ether oxygens (including phenoxy) is 2. The number of methoxy groups -OCH3 is 1. The van der Waals surface area contributed by atoms with Crippen LogP contribution in [-0.2, 0) is 17.7 Å². The maximum absolute atomic E-state index is 13.8. The van der Waals surface area contributed by atoms with E-state index in [4.69, 9.17) is 14.6 Å². The minimum Gasteiger partial charge on any atom is -0.496 e. The van der Waals surface area contributed by atoms with Gasteiger partial charge in [-0.1, -0.05) is 43.7 Å². The number of aliphatic hydroxyl groups is 1. The van der Waals surface area contributed by atoms with Gasteiger partial charge < -0.3 is 14.6 Å². The summed E-state index contributed by atoms with van der Waals surface area (Å²) in [6, 6.07) is 15.3. The normalized spacial score (nSPS) is 17.9. The second-order valence-electron chi connectivity index (χ2n) is 7.34. The van der Waals surface area contributed by atoms with Crippen molar-refractivity contribution in [3.8, 4) is 5.75 Å². The first kappa shape index (κ1) is 23.3. The van der Waals surface area contributed by atoms with E-state index in [0.29, 0.717) is 5.92 Å². The third kappa shape index (κ3) is 7.11. The molecule has 5 heteroatoms. The Kier molecular flexibility index (Phi) is 10.1. The summed E-state index contributed by atoms with van der Waals surface area (Å²) in [5.41, 5.74) is 2.26. The highest BCUT2D eigenvalue weighted by Gasteiger charge is 2.28. The summed E-state index contributed by atoms with van der Waals surface area (Å²) >= 11 is 0. The highest BCUT2D eigenvalue weighted by molar-refractivity contribution is 5.34. The van der Waals surface area contributed by atoms with E-state index >= 15 is 0 Å². The summed E-state index contributed by atoms with van der Waals surface area (Å²) in [5.74, 6) is 0.898. The molecular formula is C24H34FNO3. The molecule has 2 aromatic rings. The van der Waals surface area contributed by atoms with Gasteiger partial charge in [0.15, 0.2) is 0 Å². The number of hydrogen-bond acceptors (Lipinski definition) is 4. The molecule has 0 bridgehead atoms. The Morgan fingerprint density at radius 3 is 2.66 bits per heavy atom.